The second-order valence-electron chi connectivity index (χ2n) is 20.3. The van der Waals surface area contributed by atoms with Crippen LogP contribution in [-0.2, 0) is 10.8 Å². The molecular weight excluding hydrogens is 1030 g/mol. The Kier molecular flexibility index (Phi) is 12.2. The lowest BCUT2D eigenvalue weighted by molar-refractivity contribution is -0.254. The summed E-state index contributed by atoms with van der Waals surface area (Å²) in [6.07, 6.45) is 2.81. The number of hydrogen-bond acceptors (Lipinski definition) is 6. The first-order chi connectivity index (χ1) is 37.5. The molecule has 2 bridgehead atoms. The van der Waals surface area contributed by atoms with E-state index in [2.05, 4.69) is 47.9 Å². The fraction of sp³-hybridized carbons (Fsp3) is 0.212. The smallest absolute Gasteiger partial charge is 0.380 e. The Morgan fingerprint density at radius 2 is 0.821 bits per heavy atom. The van der Waals surface area contributed by atoms with Crippen LogP contribution < -0.4 is 18.9 Å². The normalized spacial score (nSPS) is 19.3. The third kappa shape index (κ3) is 7.51. The van der Waals surface area contributed by atoms with Gasteiger partial charge in [-0.25, -0.2) is 0 Å². The Bertz CT molecular complexity index is 4040. The molecule has 2 heterocycles. The van der Waals surface area contributed by atoms with E-state index in [0.717, 1.165) is 91.3 Å². The molecule has 12 heteroatoms. The number of methoxy groups -OCH3 is 4. The molecule has 4 nitrogen and oxygen atoms in total. The van der Waals surface area contributed by atoms with Crippen molar-refractivity contribution in [1.29, 1.82) is 0 Å². The topological polar surface area (TPSA) is 36.9 Å². The van der Waals surface area contributed by atoms with Gasteiger partial charge in [0.2, 0.25) is 0 Å². The van der Waals surface area contributed by atoms with Gasteiger partial charge >= 0.3 is 17.8 Å². The fourth-order valence-corrected chi connectivity index (χ4v) is 14.6. The van der Waals surface area contributed by atoms with E-state index in [-0.39, 0.29) is 32.1 Å². The quantitative estimate of drug-likeness (QED) is 0.0777. The zero-order valence-corrected chi connectivity index (χ0v) is 44.8. The van der Waals surface area contributed by atoms with Crippen molar-refractivity contribution in [1.82, 2.24) is 0 Å². The molecule has 7 aromatic carbocycles. The summed E-state index contributed by atoms with van der Waals surface area (Å²) in [5, 5.41) is 3.20. The first-order valence-corrected chi connectivity index (χ1v) is 26.9. The molecule has 0 saturated heterocycles. The summed E-state index contributed by atoms with van der Waals surface area (Å²) in [5.41, 5.74) is 3.29. The van der Waals surface area contributed by atoms with Crippen LogP contribution in [0.1, 0.15) is 74.9 Å². The number of benzene rings is 7. The first-order valence-electron chi connectivity index (χ1n) is 25.2. The van der Waals surface area contributed by atoms with Crippen LogP contribution in [0.5, 0.6) is 21.6 Å². The highest BCUT2D eigenvalue weighted by molar-refractivity contribution is 7.18. The Morgan fingerprint density at radius 1 is 0.423 bits per heavy atom. The second-order valence-corrected chi connectivity index (χ2v) is 22.3. The highest BCUT2D eigenvalue weighted by Crippen LogP contribution is 2.74. The average molecular weight is 1080 g/mol. The number of allylic oxidation sites excluding steroid dienone is 2. The minimum atomic E-state index is -5.77. The third-order valence-electron chi connectivity index (χ3n) is 16.1. The van der Waals surface area contributed by atoms with Gasteiger partial charge in [-0.3, -0.25) is 0 Å². The van der Waals surface area contributed by atoms with Crippen molar-refractivity contribution in [3.05, 3.63) is 201 Å². The molecule has 0 unspecified atom stereocenters. The molecule has 0 amide bonds. The molecule has 3 fully saturated rings. The maximum Gasteiger partial charge on any atom is 0.380 e. The summed E-state index contributed by atoms with van der Waals surface area (Å²) in [7, 11) is 5.75. The van der Waals surface area contributed by atoms with Gasteiger partial charge in [0, 0.05) is 75.8 Å². The van der Waals surface area contributed by atoms with Crippen molar-refractivity contribution in [2.45, 2.75) is 61.7 Å². The molecule has 9 aromatic rings. The van der Waals surface area contributed by atoms with E-state index in [1.807, 2.05) is 91.0 Å². The number of alkyl halides is 6. The third-order valence-corrected chi connectivity index (χ3v) is 18.7. The van der Waals surface area contributed by atoms with Crippen molar-refractivity contribution in [3.63, 3.8) is 0 Å². The zero-order valence-electron chi connectivity index (χ0n) is 43.2. The molecule has 3 saturated carbocycles. The average Bonchev–Trinajstić information content (AvgIpc) is 2.17. The minimum absolute atomic E-state index is 0.0115. The lowest BCUT2D eigenvalue weighted by atomic mass is 9.32. The number of fused-ring (bicyclic) bond motifs is 2. The van der Waals surface area contributed by atoms with Crippen LogP contribution in [-0.4, -0.2) is 46.2 Å². The van der Waals surface area contributed by atoms with Crippen LogP contribution >= 0.6 is 22.7 Å². The lowest BCUT2D eigenvalue weighted by Gasteiger charge is -2.71. The van der Waals surface area contributed by atoms with Gasteiger partial charge in [-0.2, -0.15) is 26.3 Å². The Morgan fingerprint density at radius 3 is 1.24 bits per heavy atom. The molecule has 4 aliphatic carbocycles. The van der Waals surface area contributed by atoms with Crippen LogP contribution in [0.4, 0.5) is 26.3 Å². The predicted molar refractivity (Wildman–Crippen MR) is 300 cm³/mol. The summed E-state index contributed by atoms with van der Waals surface area (Å²) in [6, 6.07) is 46.7. The number of rotatable bonds is 10. The number of ether oxygens (including phenoxy) is 4. The first kappa shape index (κ1) is 50.9. The van der Waals surface area contributed by atoms with Gasteiger partial charge in [0.25, 0.3) is 0 Å². The van der Waals surface area contributed by atoms with Gasteiger partial charge in [0.1, 0.15) is 11.5 Å². The Labute approximate surface area is 455 Å². The van der Waals surface area contributed by atoms with Crippen LogP contribution in [0.15, 0.2) is 146 Å². The molecule has 390 valence electrons. The van der Waals surface area contributed by atoms with Gasteiger partial charge in [-0.1, -0.05) is 156 Å². The van der Waals surface area contributed by atoms with E-state index in [9.17, 15) is 0 Å². The molecule has 0 atom stereocenters. The van der Waals surface area contributed by atoms with Crippen LogP contribution in [0.2, 0.25) is 0 Å². The van der Waals surface area contributed by atoms with Gasteiger partial charge < -0.3 is 18.9 Å². The number of hydrogen-bond donors (Lipinski definition) is 0. The van der Waals surface area contributed by atoms with E-state index in [1.165, 1.54) is 33.6 Å². The van der Waals surface area contributed by atoms with Crippen molar-refractivity contribution in [3.8, 4) is 66.2 Å². The second kappa shape index (κ2) is 18.6. The molecule has 0 spiro atoms. The number of thiophene rings is 2. The summed E-state index contributed by atoms with van der Waals surface area (Å²) in [4.78, 5) is 0.875. The van der Waals surface area contributed by atoms with Crippen molar-refractivity contribution < 1.29 is 45.3 Å². The van der Waals surface area contributed by atoms with Gasteiger partial charge in [0.05, 0.1) is 28.4 Å². The maximum absolute atomic E-state index is 16.4. The van der Waals surface area contributed by atoms with E-state index in [4.69, 9.17) is 18.9 Å². The predicted octanol–water partition coefficient (Wildman–Crippen LogP) is 17.1. The van der Waals surface area contributed by atoms with Crippen molar-refractivity contribution >= 4 is 55.4 Å². The van der Waals surface area contributed by atoms with E-state index in [0.29, 0.717) is 32.4 Å². The van der Waals surface area contributed by atoms with Gasteiger partial charge in [-0.05, 0) is 114 Å². The molecule has 4 aliphatic rings. The Hall–Kier alpha value is -7.90. The van der Waals surface area contributed by atoms with Crippen LogP contribution in [0, 0.1) is 37.5 Å². The van der Waals surface area contributed by atoms with E-state index in [1.54, 1.807) is 44.6 Å². The SMILES string of the molecule is COc1sc(-c2ccccc2)c(C)c1C1=C(c2c(OC)sc(-c3ccc(C45CC(c6ccc(C#Cc7c8cccc(OC)c8c(C#Cc8ccccc8)c8cccc(OC)c78)cc6)(C4)C5)cc3)c2C)C(F)(F)C(F)(F)C1(F)F. The molecule has 2 aromatic heterocycles. The zero-order chi connectivity index (χ0) is 54.5. The summed E-state index contributed by atoms with van der Waals surface area (Å²) >= 11 is 1.89. The van der Waals surface area contributed by atoms with Crippen LogP contribution in [0.3, 0.4) is 0 Å². The molecule has 0 radical (unpaired) electrons. The highest BCUT2D eigenvalue weighted by Gasteiger charge is 2.81. The monoisotopic (exact) mass is 1080 g/mol. The summed E-state index contributed by atoms with van der Waals surface area (Å²) in [5.74, 6) is -1.15. The lowest BCUT2D eigenvalue weighted by Crippen LogP contribution is -2.67. The standard InChI is InChI=1S/C66H48F6O4S2/c1-38-52(60(75-5)77-58(38)42-17-11-8-12-18-42)56-57(65(69,70)66(71,72)64(56,67)68)53-39(2)59(78-61(53)76-6)43-27-31-45(32-28-43)63-35-62(36-63,37-63)44-29-23-41(24-30-44)26-34-49-47-20-14-21-50(73-3)54(47)48(33-25-40-15-9-7-10-16-40)46-19-13-22-51(74-4)55(46)49/h7-24,27-32H,35-37H2,1-6H3. The number of halogens is 6. The van der Waals surface area contributed by atoms with Crippen LogP contribution in [0.25, 0.3) is 53.6 Å². The molecule has 0 N–H and O–H groups in total. The summed E-state index contributed by atoms with van der Waals surface area (Å²) < 4.78 is 120. The largest absolute Gasteiger partial charge is 0.496 e. The molecule has 13 rings (SSSR count). The van der Waals surface area contributed by atoms with E-state index < -0.39 is 40.0 Å². The minimum Gasteiger partial charge on any atom is -0.496 e. The van der Waals surface area contributed by atoms with Gasteiger partial charge in [0.15, 0.2) is 10.1 Å². The molecular formula is C66H48F6O4S2. The Balaban J connectivity index is 0.828. The maximum atomic E-state index is 16.4. The molecule has 0 aliphatic heterocycles. The van der Waals surface area contributed by atoms with E-state index >= 15 is 26.3 Å². The van der Waals surface area contributed by atoms with Crippen molar-refractivity contribution in [2.24, 2.45) is 0 Å². The molecule has 78 heavy (non-hydrogen) atoms. The summed E-state index contributed by atoms with van der Waals surface area (Å²) in [6.45, 7) is 2.95. The van der Waals surface area contributed by atoms with Gasteiger partial charge in [-0.15, -0.1) is 0 Å². The van der Waals surface area contributed by atoms with Crippen molar-refractivity contribution in [2.75, 3.05) is 28.4 Å². The highest BCUT2D eigenvalue weighted by atomic mass is 32.1. The fourth-order valence-electron chi connectivity index (χ4n) is 12.3.